The maximum atomic E-state index is 13.2. The van der Waals surface area contributed by atoms with E-state index in [1.165, 1.54) is 6.20 Å². The molecule has 0 aliphatic carbocycles. The zero-order valence-corrected chi connectivity index (χ0v) is 25.7. The van der Waals surface area contributed by atoms with Gasteiger partial charge in [-0.05, 0) is 22.2 Å². The molecule has 244 valence electrons. The average molecular weight is 642 g/mol. The quantitative estimate of drug-likeness (QED) is 0.0921. The number of H-pyrrole nitrogens is 1. The van der Waals surface area contributed by atoms with E-state index in [1.807, 2.05) is 91.0 Å². The van der Waals surface area contributed by atoms with Gasteiger partial charge in [0.1, 0.15) is 24.5 Å². The van der Waals surface area contributed by atoms with Crippen molar-refractivity contribution in [2.24, 2.45) is 11.0 Å². The van der Waals surface area contributed by atoms with Crippen LogP contribution >= 0.6 is 0 Å². The standard InChI is InChI=1S/C34H35N5O8/c1-43-33(41)29(37-38-35)28-31(46-21-25-15-9-4-10-16-25)30(45-20-24-13-7-3-8-14-24)26(22-44-19-23-11-5-2-6-12-23)47-32(28)39-18-17-27(40)36-34(39)42/h2-18,26,28-32H,19-22H2,1H3,(H,36,40,42)/t26-,28-,29-,30-,31-,32-/m1/s1. The molecular weight excluding hydrogens is 606 g/mol. The van der Waals surface area contributed by atoms with Gasteiger partial charge in [0.2, 0.25) is 0 Å². The molecular formula is C34H35N5O8. The highest BCUT2D eigenvalue weighted by molar-refractivity contribution is 5.76. The third-order valence-electron chi connectivity index (χ3n) is 7.79. The van der Waals surface area contributed by atoms with Crippen molar-refractivity contribution in [3.8, 4) is 0 Å². The smallest absolute Gasteiger partial charge is 0.330 e. The molecule has 0 radical (unpaired) electrons. The number of benzene rings is 3. The summed E-state index contributed by atoms with van der Waals surface area (Å²) < 4.78 is 32.0. The normalized spacial score (nSPS) is 21.3. The van der Waals surface area contributed by atoms with Crippen LogP contribution in [-0.4, -0.2) is 53.6 Å². The lowest BCUT2D eigenvalue weighted by molar-refractivity contribution is -0.267. The Hall–Kier alpha value is -5.04. The molecule has 1 fully saturated rings. The molecule has 1 saturated heterocycles. The first kappa shape index (κ1) is 33.3. The van der Waals surface area contributed by atoms with E-state index in [4.69, 9.17) is 23.7 Å². The van der Waals surface area contributed by atoms with Crippen LogP contribution in [0.15, 0.2) is 118 Å². The number of nitrogens with zero attached hydrogens (tertiary/aromatic N) is 4. The molecule has 0 unspecified atom stereocenters. The number of esters is 1. The Bertz CT molecular complexity index is 1750. The van der Waals surface area contributed by atoms with Crippen molar-refractivity contribution < 1.29 is 28.5 Å². The highest BCUT2D eigenvalue weighted by Gasteiger charge is 2.53. The highest BCUT2D eigenvalue weighted by atomic mass is 16.6. The third-order valence-corrected chi connectivity index (χ3v) is 7.79. The fraction of sp³-hybridized carbons (Fsp3) is 0.324. The summed E-state index contributed by atoms with van der Waals surface area (Å²) in [7, 11) is 1.16. The molecule has 0 spiro atoms. The lowest BCUT2D eigenvalue weighted by atomic mass is 9.83. The minimum absolute atomic E-state index is 0.00524. The van der Waals surface area contributed by atoms with Gasteiger partial charge in [-0.2, -0.15) is 0 Å². The molecule has 1 aromatic heterocycles. The number of hydrogen-bond acceptors (Lipinski definition) is 9. The Kier molecular flexibility index (Phi) is 11.7. The summed E-state index contributed by atoms with van der Waals surface area (Å²) in [4.78, 5) is 43.6. The largest absolute Gasteiger partial charge is 0.469 e. The van der Waals surface area contributed by atoms with Crippen LogP contribution in [0.5, 0.6) is 0 Å². The van der Waals surface area contributed by atoms with Crippen molar-refractivity contribution in [1.29, 1.82) is 0 Å². The summed E-state index contributed by atoms with van der Waals surface area (Å²) in [6.07, 6.45) is -2.79. The predicted molar refractivity (Wildman–Crippen MR) is 170 cm³/mol. The number of aromatic nitrogens is 2. The van der Waals surface area contributed by atoms with E-state index in [1.54, 1.807) is 0 Å². The van der Waals surface area contributed by atoms with Gasteiger partial charge in [-0.15, -0.1) is 0 Å². The van der Waals surface area contributed by atoms with Gasteiger partial charge in [0, 0.05) is 17.2 Å². The second-order valence-electron chi connectivity index (χ2n) is 10.9. The van der Waals surface area contributed by atoms with Crippen LogP contribution in [0.4, 0.5) is 0 Å². The maximum absolute atomic E-state index is 13.2. The number of carbonyl (C=O) groups is 1. The van der Waals surface area contributed by atoms with E-state index in [0.29, 0.717) is 0 Å². The predicted octanol–water partition coefficient (Wildman–Crippen LogP) is 4.29. The zero-order valence-electron chi connectivity index (χ0n) is 25.7. The molecule has 4 aromatic rings. The zero-order chi connectivity index (χ0) is 33.0. The maximum Gasteiger partial charge on any atom is 0.330 e. The van der Waals surface area contributed by atoms with Gasteiger partial charge < -0.3 is 23.7 Å². The Balaban J connectivity index is 1.60. The summed E-state index contributed by atoms with van der Waals surface area (Å²) in [5, 5.41) is 3.80. The van der Waals surface area contributed by atoms with Crippen LogP contribution in [0.2, 0.25) is 0 Å². The molecule has 1 aliphatic rings. The van der Waals surface area contributed by atoms with Gasteiger partial charge in [0.25, 0.3) is 5.56 Å². The topological polar surface area (TPSA) is 167 Å². The second-order valence-corrected chi connectivity index (χ2v) is 10.9. The molecule has 47 heavy (non-hydrogen) atoms. The first-order chi connectivity index (χ1) is 23.0. The molecule has 13 heteroatoms. The average Bonchev–Trinajstić information content (AvgIpc) is 3.10. The SMILES string of the molecule is COC(=O)[C@H](N=[N+]=[N-])[C@@H]1[C@@H](OCc2ccccc2)[C@H](OCc2ccccc2)[C@@H](COCc2ccccc2)O[C@H]1n1ccc(=O)[nH]c1=O. The molecule has 0 saturated carbocycles. The van der Waals surface area contributed by atoms with E-state index in [2.05, 4.69) is 15.0 Å². The Labute approximate surface area is 270 Å². The van der Waals surface area contributed by atoms with Gasteiger partial charge >= 0.3 is 11.7 Å². The Morgan fingerprint density at radius 2 is 1.43 bits per heavy atom. The minimum atomic E-state index is -1.51. The molecule has 2 heterocycles. The molecule has 1 aliphatic heterocycles. The fourth-order valence-electron chi connectivity index (χ4n) is 5.55. The van der Waals surface area contributed by atoms with E-state index in [-0.39, 0.29) is 26.4 Å². The van der Waals surface area contributed by atoms with Gasteiger partial charge in [-0.25, -0.2) is 4.79 Å². The lowest BCUT2D eigenvalue weighted by Crippen LogP contribution is -2.60. The number of aromatic amines is 1. The lowest BCUT2D eigenvalue weighted by Gasteiger charge is -2.48. The van der Waals surface area contributed by atoms with Crippen molar-refractivity contribution in [1.82, 2.24) is 9.55 Å². The summed E-state index contributed by atoms with van der Waals surface area (Å²) in [6.45, 7) is 0.501. The molecule has 1 N–H and O–H groups in total. The van der Waals surface area contributed by atoms with Crippen LogP contribution in [0.3, 0.4) is 0 Å². The van der Waals surface area contributed by atoms with Gasteiger partial charge in [-0.1, -0.05) is 96.1 Å². The number of methoxy groups -OCH3 is 1. The second kappa shape index (κ2) is 16.5. The summed E-state index contributed by atoms with van der Waals surface area (Å²) >= 11 is 0. The monoisotopic (exact) mass is 641 g/mol. The summed E-state index contributed by atoms with van der Waals surface area (Å²) in [5.41, 5.74) is 10.8. The molecule has 0 amide bonds. The molecule has 3 aromatic carbocycles. The number of nitrogens with one attached hydrogen (secondary N) is 1. The van der Waals surface area contributed by atoms with Crippen molar-refractivity contribution in [3.63, 3.8) is 0 Å². The summed E-state index contributed by atoms with van der Waals surface area (Å²) in [5.74, 6) is -2.02. The molecule has 5 rings (SSSR count). The van der Waals surface area contributed by atoms with Gasteiger partial charge in [-0.3, -0.25) is 19.1 Å². The van der Waals surface area contributed by atoms with Crippen molar-refractivity contribution in [2.45, 2.75) is 50.4 Å². The van der Waals surface area contributed by atoms with Crippen LogP contribution in [0, 0.1) is 5.92 Å². The first-order valence-corrected chi connectivity index (χ1v) is 15.0. The van der Waals surface area contributed by atoms with Crippen LogP contribution < -0.4 is 11.2 Å². The number of hydrogen-bond donors (Lipinski definition) is 1. The van der Waals surface area contributed by atoms with E-state index in [9.17, 15) is 19.9 Å². The summed E-state index contributed by atoms with van der Waals surface area (Å²) in [6, 6.07) is 28.0. The Morgan fingerprint density at radius 1 is 0.872 bits per heavy atom. The van der Waals surface area contributed by atoms with E-state index in [0.717, 1.165) is 34.4 Å². The third kappa shape index (κ3) is 8.61. The number of rotatable bonds is 14. The van der Waals surface area contributed by atoms with Crippen molar-refractivity contribution >= 4 is 5.97 Å². The van der Waals surface area contributed by atoms with Crippen molar-refractivity contribution in [2.75, 3.05) is 13.7 Å². The van der Waals surface area contributed by atoms with Crippen LogP contribution in [0.1, 0.15) is 22.9 Å². The fourth-order valence-corrected chi connectivity index (χ4v) is 5.55. The highest BCUT2D eigenvalue weighted by Crippen LogP contribution is 2.40. The van der Waals surface area contributed by atoms with Crippen LogP contribution in [0.25, 0.3) is 10.4 Å². The molecule has 0 bridgehead atoms. The van der Waals surface area contributed by atoms with Crippen molar-refractivity contribution in [3.05, 3.63) is 151 Å². The number of azide groups is 1. The van der Waals surface area contributed by atoms with E-state index < -0.39 is 53.7 Å². The molecule has 13 nitrogen and oxygen atoms in total. The first-order valence-electron chi connectivity index (χ1n) is 15.0. The minimum Gasteiger partial charge on any atom is -0.469 e. The molecule has 6 atom stereocenters. The van der Waals surface area contributed by atoms with Gasteiger partial charge in [0.05, 0.1) is 45.6 Å². The number of ether oxygens (including phenoxy) is 5. The van der Waals surface area contributed by atoms with Gasteiger partial charge in [0.15, 0.2) is 0 Å². The van der Waals surface area contributed by atoms with E-state index >= 15 is 0 Å². The number of carbonyl (C=O) groups excluding carboxylic acids is 1. The van der Waals surface area contributed by atoms with Crippen LogP contribution in [-0.2, 0) is 48.3 Å². The Morgan fingerprint density at radius 3 is 1.96 bits per heavy atom.